The van der Waals surface area contributed by atoms with Crippen molar-refractivity contribution in [3.05, 3.63) is 23.8 Å². The Hall–Kier alpha value is -0.490. The maximum absolute atomic E-state index is 9.48. The van der Waals surface area contributed by atoms with E-state index >= 15 is 0 Å². The number of phenols is 2. The van der Waals surface area contributed by atoms with E-state index in [1.165, 1.54) is 25.7 Å². The second-order valence-electron chi connectivity index (χ2n) is 5.12. The minimum Gasteiger partial charge on any atom is -0.504 e. The summed E-state index contributed by atoms with van der Waals surface area (Å²) in [6.45, 7) is 7.74. The van der Waals surface area contributed by atoms with Crippen LogP contribution < -0.4 is 0 Å². The van der Waals surface area contributed by atoms with Crippen molar-refractivity contribution in [2.45, 2.75) is 46.0 Å². The molecule has 4 heteroatoms. The Morgan fingerprint density at radius 1 is 0.900 bits per heavy atom. The Morgan fingerprint density at radius 2 is 1.65 bits per heavy atom. The van der Waals surface area contributed by atoms with Gasteiger partial charge in [0.25, 0.3) is 0 Å². The first-order valence-electron chi connectivity index (χ1n) is 7.40. The van der Waals surface area contributed by atoms with Crippen LogP contribution in [0.3, 0.4) is 0 Å². The summed E-state index contributed by atoms with van der Waals surface area (Å²) in [5, 5.41) is 18.8. The molecule has 0 radical (unpaired) electrons. The van der Waals surface area contributed by atoms with Crippen LogP contribution in [-0.4, -0.2) is 34.7 Å². The van der Waals surface area contributed by atoms with Gasteiger partial charge in [0.05, 0.1) is 0 Å². The van der Waals surface area contributed by atoms with Gasteiger partial charge in [-0.25, -0.2) is 0 Å². The topological polar surface area (TPSA) is 43.7 Å². The summed E-state index contributed by atoms with van der Waals surface area (Å²) in [4.78, 5) is 2.49. The van der Waals surface area contributed by atoms with Gasteiger partial charge < -0.3 is 15.1 Å². The van der Waals surface area contributed by atoms with Gasteiger partial charge >= 0.3 is 0 Å². The molecule has 0 spiro atoms. The lowest BCUT2D eigenvalue weighted by Crippen LogP contribution is -2.28. The highest BCUT2D eigenvalue weighted by molar-refractivity contribution is 14.0. The summed E-state index contributed by atoms with van der Waals surface area (Å²) in [6.07, 6.45) is 5.90. The maximum Gasteiger partial charge on any atom is 0.157 e. The van der Waals surface area contributed by atoms with Crippen molar-refractivity contribution in [3.63, 3.8) is 0 Å². The molecule has 0 atom stereocenters. The average molecular weight is 393 g/mol. The van der Waals surface area contributed by atoms with Crippen LogP contribution in [0, 0.1) is 0 Å². The number of benzene rings is 1. The minimum atomic E-state index is -0.0443. The largest absolute Gasteiger partial charge is 0.504 e. The van der Waals surface area contributed by atoms with Gasteiger partial charge in [0.1, 0.15) is 0 Å². The van der Waals surface area contributed by atoms with Crippen molar-refractivity contribution in [2.24, 2.45) is 0 Å². The average Bonchev–Trinajstić information content (AvgIpc) is 2.40. The molecule has 0 amide bonds. The van der Waals surface area contributed by atoms with E-state index in [2.05, 4.69) is 18.7 Å². The van der Waals surface area contributed by atoms with Gasteiger partial charge in [-0.05, 0) is 50.0 Å². The first kappa shape index (κ1) is 19.5. The predicted molar refractivity (Wildman–Crippen MR) is 95.1 cm³/mol. The first-order chi connectivity index (χ1) is 9.17. The SMILES string of the molecule is CCCCCN(CCC)CCc1ccc(O)c(O)c1.I. The van der Waals surface area contributed by atoms with Crippen LogP contribution in [0.15, 0.2) is 18.2 Å². The predicted octanol–water partition coefficient (Wildman–Crippen LogP) is 4.16. The highest BCUT2D eigenvalue weighted by atomic mass is 127. The Bertz CT molecular complexity index is 371. The maximum atomic E-state index is 9.48. The van der Waals surface area contributed by atoms with Gasteiger partial charge in [0, 0.05) is 6.54 Å². The van der Waals surface area contributed by atoms with Gasteiger partial charge in [0.2, 0.25) is 0 Å². The standard InChI is InChI=1S/C16H27NO2.HI/c1-3-5-6-11-17(10-4-2)12-9-14-7-8-15(18)16(19)13-14;/h7-8,13,18-19H,3-6,9-12H2,1-2H3;1H. The molecular weight excluding hydrogens is 365 g/mol. The Kier molecular flexibility index (Phi) is 10.9. The molecule has 1 aromatic rings. The highest BCUT2D eigenvalue weighted by Gasteiger charge is 2.05. The van der Waals surface area contributed by atoms with Gasteiger partial charge in [-0.3, -0.25) is 0 Å². The summed E-state index contributed by atoms with van der Waals surface area (Å²) in [6, 6.07) is 5.10. The van der Waals surface area contributed by atoms with Crippen molar-refractivity contribution >= 4 is 24.0 Å². The van der Waals surface area contributed by atoms with E-state index in [0.717, 1.165) is 31.6 Å². The van der Waals surface area contributed by atoms with E-state index in [4.69, 9.17) is 0 Å². The molecule has 1 aromatic carbocycles. The van der Waals surface area contributed by atoms with Crippen LogP contribution >= 0.6 is 24.0 Å². The summed E-state index contributed by atoms with van der Waals surface area (Å²) in [5.74, 6) is -0.0670. The number of nitrogens with zero attached hydrogens (tertiary/aromatic N) is 1. The van der Waals surface area contributed by atoms with Gasteiger partial charge in [-0.1, -0.05) is 32.8 Å². The third-order valence-electron chi connectivity index (χ3n) is 3.37. The quantitative estimate of drug-likeness (QED) is 0.376. The molecule has 1 rings (SSSR count). The second-order valence-corrected chi connectivity index (χ2v) is 5.12. The second kappa shape index (κ2) is 11.2. The lowest BCUT2D eigenvalue weighted by Gasteiger charge is -2.21. The van der Waals surface area contributed by atoms with E-state index in [-0.39, 0.29) is 35.5 Å². The molecule has 2 N–H and O–H groups in total. The van der Waals surface area contributed by atoms with Crippen molar-refractivity contribution in [2.75, 3.05) is 19.6 Å². The number of aromatic hydroxyl groups is 2. The van der Waals surface area contributed by atoms with Gasteiger partial charge in [-0.15, -0.1) is 24.0 Å². The van der Waals surface area contributed by atoms with Crippen LogP contribution in [0.2, 0.25) is 0 Å². The van der Waals surface area contributed by atoms with Gasteiger partial charge in [0.15, 0.2) is 11.5 Å². The zero-order valence-electron chi connectivity index (χ0n) is 12.6. The molecular formula is C16H28INO2. The lowest BCUT2D eigenvalue weighted by atomic mass is 10.1. The summed E-state index contributed by atoms with van der Waals surface area (Å²) >= 11 is 0. The van der Waals surface area contributed by atoms with Crippen LogP contribution in [0.4, 0.5) is 0 Å². The molecule has 20 heavy (non-hydrogen) atoms. The number of halogens is 1. The fraction of sp³-hybridized carbons (Fsp3) is 0.625. The summed E-state index contributed by atoms with van der Waals surface area (Å²) < 4.78 is 0. The molecule has 0 aromatic heterocycles. The van der Waals surface area contributed by atoms with E-state index in [0.29, 0.717) is 0 Å². The monoisotopic (exact) mass is 393 g/mol. The molecule has 0 unspecified atom stereocenters. The molecule has 116 valence electrons. The smallest absolute Gasteiger partial charge is 0.157 e. The third kappa shape index (κ3) is 7.33. The molecule has 0 aliphatic rings. The van der Waals surface area contributed by atoms with Crippen molar-refractivity contribution < 1.29 is 10.2 Å². The van der Waals surface area contributed by atoms with Crippen LogP contribution in [0.1, 0.15) is 45.1 Å². The number of phenolic OH excluding ortho intramolecular Hbond substituents is 2. The molecule has 0 bridgehead atoms. The fourth-order valence-corrected chi connectivity index (χ4v) is 2.25. The Labute approximate surface area is 140 Å². The zero-order valence-corrected chi connectivity index (χ0v) is 15.0. The zero-order chi connectivity index (χ0) is 14.1. The van der Waals surface area contributed by atoms with Gasteiger partial charge in [-0.2, -0.15) is 0 Å². The minimum absolute atomic E-state index is 0. The number of rotatable bonds is 9. The fourth-order valence-electron chi connectivity index (χ4n) is 2.25. The van der Waals surface area contributed by atoms with E-state index in [9.17, 15) is 10.2 Å². The number of unbranched alkanes of at least 4 members (excludes halogenated alkanes) is 2. The summed E-state index contributed by atoms with van der Waals surface area (Å²) in [7, 11) is 0. The molecule has 0 aliphatic heterocycles. The van der Waals surface area contributed by atoms with Crippen molar-refractivity contribution in [1.82, 2.24) is 4.90 Å². The van der Waals surface area contributed by atoms with E-state index in [1.54, 1.807) is 12.1 Å². The highest BCUT2D eigenvalue weighted by Crippen LogP contribution is 2.25. The van der Waals surface area contributed by atoms with Crippen molar-refractivity contribution in [3.8, 4) is 11.5 Å². The lowest BCUT2D eigenvalue weighted by molar-refractivity contribution is 0.271. The van der Waals surface area contributed by atoms with Crippen LogP contribution in [-0.2, 0) is 6.42 Å². The van der Waals surface area contributed by atoms with Crippen LogP contribution in [0.25, 0.3) is 0 Å². The Morgan fingerprint density at radius 3 is 2.25 bits per heavy atom. The molecule has 0 fully saturated rings. The van der Waals surface area contributed by atoms with E-state index in [1.807, 2.05) is 6.07 Å². The Balaban J connectivity index is 0.00000361. The van der Waals surface area contributed by atoms with Crippen molar-refractivity contribution in [1.29, 1.82) is 0 Å². The third-order valence-corrected chi connectivity index (χ3v) is 3.37. The first-order valence-corrected chi connectivity index (χ1v) is 7.40. The molecule has 0 saturated heterocycles. The molecule has 0 heterocycles. The summed E-state index contributed by atoms with van der Waals surface area (Å²) in [5.41, 5.74) is 1.08. The van der Waals surface area contributed by atoms with E-state index < -0.39 is 0 Å². The van der Waals surface area contributed by atoms with Crippen LogP contribution in [0.5, 0.6) is 11.5 Å². The number of hydrogen-bond donors (Lipinski definition) is 2. The molecule has 3 nitrogen and oxygen atoms in total. The molecule has 0 aliphatic carbocycles. The molecule has 0 saturated carbocycles. The number of hydrogen-bond acceptors (Lipinski definition) is 3. The normalized spacial score (nSPS) is 10.6.